The number of nitrogens with one attached hydrogen (secondary N) is 1. The Labute approximate surface area is 215 Å². The number of halogens is 2. The summed E-state index contributed by atoms with van der Waals surface area (Å²) >= 11 is 8.68. The fraction of sp³-hybridized carbons (Fsp3) is 0.391. The molecule has 35 heavy (non-hydrogen) atoms. The average molecular weight is 538 g/mol. The number of amides is 2. The number of carbonyl (C=O) groups is 2. The van der Waals surface area contributed by atoms with E-state index in [9.17, 15) is 14.0 Å². The van der Waals surface area contributed by atoms with E-state index in [2.05, 4.69) is 22.4 Å². The number of thiophene rings is 1. The number of fused-ring (bicyclic) bond motifs is 1. The molecule has 2 unspecified atom stereocenters. The molecule has 8 nitrogen and oxygen atoms in total. The van der Waals surface area contributed by atoms with Gasteiger partial charge in [-0.1, -0.05) is 30.3 Å². The van der Waals surface area contributed by atoms with Gasteiger partial charge in [-0.15, -0.1) is 21.5 Å². The van der Waals surface area contributed by atoms with E-state index in [-0.39, 0.29) is 16.7 Å². The highest BCUT2D eigenvalue weighted by Crippen LogP contribution is 2.39. The van der Waals surface area contributed by atoms with Gasteiger partial charge in [0.2, 0.25) is 5.91 Å². The van der Waals surface area contributed by atoms with Gasteiger partial charge in [0, 0.05) is 11.9 Å². The largest absolute Gasteiger partial charge is 0.481 e. The molecule has 3 aromatic rings. The van der Waals surface area contributed by atoms with Crippen LogP contribution in [0.25, 0.3) is 0 Å². The van der Waals surface area contributed by atoms with Crippen LogP contribution in [0, 0.1) is 11.7 Å². The molecule has 12 heteroatoms. The van der Waals surface area contributed by atoms with Gasteiger partial charge in [-0.2, -0.15) is 0 Å². The zero-order valence-electron chi connectivity index (χ0n) is 19.4. The van der Waals surface area contributed by atoms with E-state index >= 15 is 0 Å². The van der Waals surface area contributed by atoms with Gasteiger partial charge < -0.3 is 20.4 Å². The molecular formula is C23H25ClFN5O3S2. The number of nitrogens with zero attached hydrogens (tertiary/aromatic N) is 3. The van der Waals surface area contributed by atoms with Crippen molar-refractivity contribution in [1.82, 2.24) is 14.8 Å². The molecule has 2 heterocycles. The first-order valence-corrected chi connectivity index (χ1v) is 13.2. The molecule has 2 amide bonds. The number of thioether (sulfide) groups is 1. The van der Waals surface area contributed by atoms with E-state index < -0.39 is 17.8 Å². The Bertz CT molecular complexity index is 1280. The SMILES string of the molecule is CC1CCc2c(sc(NC(=O)CSc3nnc(C(C)Oc4ccc(F)cc4Cl)n3C)c2C(N)=O)C1. The molecule has 0 radical (unpaired) electrons. The molecule has 1 aromatic carbocycles. The molecule has 0 aliphatic heterocycles. The Balaban J connectivity index is 1.40. The van der Waals surface area contributed by atoms with Crippen LogP contribution in [0.4, 0.5) is 9.39 Å². The van der Waals surface area contributed by atoms with Crippen LogP contribution in [0.5, 0.6) is 5.75 Å². The molecule has 0 saturated carbocycles. The quantitative estimate of drug-likeness (QED) is 0.400. The fourth-order valence-corrected chi connectivity index (χ4v) is 6.37. The van der Waals surface area contributed by atoms with Crippen molar-refractivity contribution in [3.63, 3.8) is 0 Å². The van der Waals surface area contributed by atoms with E-state index in [1.54, 1.807) is 18.5 Å². The summed E-state index contributed by atoms with van der Waals surface area (Å²) in [5.74, 6) is 0.216. The summed E-state index contributed by atoms with van der Waals surface area (Å²) in [5, 5.41) is 12.4. The Morgan fingerprint density at radius 2 is 2.20 bits per heavy atom. The van der Waals surface area contributed by atoms with Crippen molar-refractivity contribution in [3.8, 4) is 5.75 Å². The lowest BCUT2D eigenvalue weighted by Crippen LogP contribution is -2.20. The third-order valence-electron chi connectivity index (χ3n) is 5.77. The number of ether oxygens (including phenoxy) is 1. The summed E-state index contributed by atoms with van der Waals surface area (Å²) in [6, 6.07) is 3.89. The van der Waals surface area contributed by atoms with Gasteiger partial charge in [0.05, 0.1) is 16.3 Å². The molecular weight excluding hydrogens is 513 g/mol. The number of primary amides is 1. The number of benzene rings is 1. The van der Waals surface area contributed by atoms with E-state index in [4.69, 9.17) is 22.1 Å². The summed E-state index contributed by atoms with van der Waals surface area (Å²) in [4.78, 5) is 25.9. The number of nitrogens with two attached hydrogens (primary N) is 1. The molecule has 0 bridgehead atoms. The van der Waals surface area contributed by atoms with Crippen LogP contribution in [-0.2, 0) is 24.7 Å². The van der Waals surface area contributed by atoms with Crippen LogP contribution in [0.2, 0.25) is 5.02 Å². The maximum Gasteiger partial charge on any atom is 0.251 e. The van der Waals surface area contributed by atoms with Crippen molar-refractivity contribution >= 4 is 51.5 Å². The number of hydrogen-bond donors (Lipinski definition) is 2. The molecule has 0 saturated heterocycles. The predicted octanol–water partition coefficient (Wildman–Crippen LogP) is 4.76. The highest BCUT2D eigenvalue weighted by Gasteiger charge is 2.27. The highest BCUT2D eigenvalue weighted by atomic mass is 35.5. The first-order valence-electron chi connectivity index (χ1n) is 11.0. The van der Waals surface area contributed by atoms with Crippen LogP contribution in [0.15, 0.2) is 23.4 Å². The minimum Gasteiger partial charge on any atom is -0.481 e. The molecule has 4 rings (SSSR count). The summed E-state index contributed by atoms with van der Waals surface area (Å²) in [6.07, 6.45) is 2.16. The average Bonchev–Trinajstić information content (AvgIpc) is 3.33. The lowest BCUT2D eigenvalue weighted by molar-refractivity contribution is -0.113. The zero-order valence-corrected chi connectivity index (χ0v) is 21.8. The summed E-state index contributed by atoms with van der Waals surface area (Å²) < 4.78 is 20.8. The molecule has 1 aliphatic carbocycles. The van der Waals surface area contributed by atoms with Crippen molar-refractivity contribution < 1.29 is 18.7 Å². The van der Waals surface area contributed by atoms with Crippen molar-refractivity contribution in [3.05, 3.63) is 50.9 Å². The molecule has 2 atom stereocenters. The van der Waals surface area contributed by atoms with E-state index in [1.165, 1.54) is 41.3 Å². The normalized spacial score (nSPS) is 16.0. The fourth-order valence-electron chi connectivity index (χ4n) is 4.01. The lowest BCUT2D eigenvalue weighted by atomic mass is 9.88. The summed E-state index contributed by atoms with van der Waals surface area (Å²) in [6.45, 7) is 3.95. The minimum atomic E-state index is -0.520. The Hall–Kier alpha value is -2.63. The van der Waals surface area contributed by atoms with Gasteiger partial charge >= 0.3 is 0 Å². The maximum absolute atomic E-state index is 13.3. The standard InChI is InChI=1S/C23H25ClFN5O3S2/c1-11-4-6-14-17(8-11)35-22(19(14)20(26)32)27-18(31)10-34-23-29-28-21(30(23)3)12(2)33-16-7-5-13(25)9-15(16)24/h5,7,9,11-12H,4,6,8,10H2,1-3H3,(H2,26,32)(H,27,31). The molecule has 1 aliphatic rings. The van der Waals surface area contributed by atoms with Crippen LogP contribution >= 0.6 is 34.7 Å². The summed E-state index contributed by atoms with van der Waals surface area (Å²) in [7, 11) is 1.77. The third-order valence-corrected chi connectivity index (χ3v) is 8.26. The van der Waals surface area contributed by atoms with Crippen molar-refractivity contribution in [2.45, 2.75) is 44.4 Å². The van der Waals surface area contributed by atoms with Crippen molar-refractivity contribution in [2.24, 2.45) is 18.7 Å². The molecule has 0 fully saturated rings. The smallest absolute Gasteiger partial charge is 0.251 e. The topological polar surface area (TPSA) is 112 Å². The lowest BCUT2D eigenvalue weighted by Gasteiger charge is -2.18. The number of aromatic nitrogens is 3. The van der Waals surface area contributed by atoms with Crippen LogP contribution in [0.3, 0.4) is 0 Å². The summed E-state index contributed by atoms with van der Waals surface area (Å²) in [5.41, 5.74) is 7.03. The second kappa shape index (κ2) is 10.5. The number of rotatable bonds is 8. The second-order valence-corrected chi connectivity index (χ2v) is 10.9. The molecule has 0 spiro atoms. The van der Waals surface area contributed by atoms with Crippen LogP contribution in [-0.4, -0.2) is 32.3 Å². The van der Waals surface area contributed by atoms with Gasteiger partial charge in [-0.05, 0) is 55.9 Å². The number of anilines is 1. The first-order chi connectivity index (χ1) is 16.6. The van der Waals surface area contributed by atoms with Gasteiger partial charge in [0.1, 0.15) is 16.6 Å². The maximum atomic E-state index is 13.3. The van der Waals surface area contributed by atoms with E-state index in [0.717, 1.165) is 29.7 Å². The monoisotopic (exact) mass is 537 g/mol. The van der Waals surface area contributed by atoms with Gasteiger partial charge in [0.25, 0.3) is 5.91 Å². The highest BCUT2D eigenvalue weighted by molar-refractivity contribution is 7.99. The van der Waals surface area contributed by atoms with E-state index in [1.807, 2.05) is 0 Å². The molecule has 186 valence electrons. The van der Waals surface area contributed by atoms with Gasteiger partial charge in [-0.3, -0.25) is 9.59 Å². The molecule has 3 N–H and O–H groups in total. The van der Waals surface area contributed by atoms with Gasteiger partial charge in [0.15, 0.2) is 17.1 Å². The predicted molar refractivity (Wildman–Crippen MR) is 135 cm³/mol. The van der Waals surface area contributed by atoms with Crippen LogP contribution in [0.1, 0.15) is 53.0 Å². The third kappa shape index (κ3) is 5.62. The minimum absolute atomic E-state index is 0.0716. The van der Waals surface area contributed by atoms with Gasteiger partial charge in [-0.25, -0.2) is 4.39 Å². The Morgan fingerprint density at radius 1 is 1.43 bits per heavy atom. The second-order valence-electron chi connectivity index (χ2n) is 8.49. The first kappa shape index (κ1) is 25.5. The van der Waals surface area contributed by atoms with Crippen LogP contribution < -0.4 is 15.8 Å². The van der Waals surface area contributed by atoms with Crippen molar-refractivity contribution in [1.29, 1.82) is 0 Å². The van der Waals surface area contributed by atoms with Crippen molar-refractivity contribution in [2.75, 3.05) is 11.1 Å². The zero-order chi connectivity index (χ0) is 25.3. The molecule has 2 aromatic heterocycles. The Morgan fingerprint density at radius 3 is 2.91 bits per heavy atom. The van der Waals surface area contributed by atoms with E-state index in [0.29, 0.717) is 33.2 Å². The number of hydrogen-bond acceptors (Lipinski definition) is 7. The number of carbonyl (C=O) groups excluding carboxylic acids is 2. The Kier molecular flexibility index (Phi) is 7.67.